The van der Waals surface area contributed by atoms with E-state index < -0.39 is 0 Å². The Morgan fingerprint density at radius 1 is 1.40 bits per heavy atom. The van der Waals surface area contributed by atoms with E-state index in [-0.39, 0.29) is 30.5 Å². The molecule has 2 atom stereocenters. The lowest BCUT2D eigenvalue weighted by atomic mass is 9.98. The van der Waals surface area contributed by atoms with Crippen LogP contribution in [0.4, 0.5) is 0 Å². The van der Waals surface area contributed by atoms with Crippen LogP contribution in [0.2, 0.25) is 0 Å². The number of hydrogen-bond acceptors (Lipinski definition) is 3. The molecule has 1 aliphatic rings. The first kappa shape index (κ1) is 17.0. The number of carbonyl (C=O) groups excluding carboxylic acids is 1. The highest BCUT2D eigenvalue weighted by atomic mass is 35.5. The van der Waals surface area contributed by atoms with Gasteiger partial charge in [0.1, 0.15) is 0 Å². The van der Waals surface area contributed by atoms with Crippen LogP contribution in [0.5, 0.6) is 0 Å². The maximum absolute atomic E-state index is 12.4. The Morgan fingerprint density at radius 3 is 2.70 bits per heavy atom. The van der Waals surface area contributed by atoms with Crippen molar-refractivity contribution < 1.29 is 9.53 Å². The van der Waals surface area contributed by atoms with Crippen LogP contribution in [0.15, 0.2) is 30.3 Å². The van der Waals surface area contributed by atoms with Crippen molar-refractivity contribution in [2.45, 2.75) is 31.4 Å². The second kappa shape index (κ2) is 8.25. The highest BCUT2D eigenvalue weighted by Gasteiger charge is 2.30. The number of benzene rings is 1. The molecule has 0 radical (unpaired) electrons. The minimum atomic E-state index is 0. The second-order valence-electron chi connectivity index (χ2n) is 5.02. The van der Waals surface area contributed by atoms with E-state index in [0.29, 0.717) is 13.0 Å². The summed E-state index contributed by atoms with van der Waals surface area (Å²) in [5, 5.41) is 0. The number of piperidine rings is 1. The van der Waals surface area contributed by atoms with Crippen molar-refractivity contribution in [2.75, 3.05) is 20.2 Å². The maximum atomic E-state index is 12.4. The van der Waals surface area contributed by atoms with Crippen molar-refractivity contribution in [1.29, 1.82) is 0 Å². The van der Waals surface area contributed by atoms with Gasteiger partial charge in [0.05, 0.1) is 12.5 Å². The molecule has 1 heterocycles. The smallest absolute Gasteiger partial charge is 0.227 e. The van der Waals surface area contributed by atoms with Crippen molar-refractivity contribution >= 4 is 18.3 Å². The predicted octanol–water partition coefficient (Wildman–Crippen LogP) is 1.62. The summed E-state index contributed by atoms with van der Waals surface area (Å²) in [6.45, 7) is 1.24. The van der Waals surface area contributed by atoms with E-state index in [9.17, 15) is 4.79 Å². The highest BCUT2D eigenvalue weighted by molar-refractivity contribution is 5.85. The van der Waals surface area contributed by atoms with Gasteiger partial charge in [-0.15, -0.1) is 12.4 Å². The zero-order chi connectivity index (χ0) is 13.7. The number of amides is 1. The van der Waals surface area contributed by atoms with Gasteiger partial charge in [-0.1, -0.05) is 30.3 Å². The number of carbonyl (C=O) groups is 1. The Labute approximate surface area is 126 Å². The molecule has 0 bridgehead atoms. The van der Waals surface area contributed by atoms with Gasteiger partial charge in [-0.25, -0.2) is 0 Å². The molecule has 1 aliphatic heterocycles. The summed E-state index contributed by atoms with van der Waals surface area (Å²) in [5.74, 6) is 0.163. The summed E-state index contributed by atoms with van der Waals surface area (Å²) in [4.78, 5) is 14.3. The van der Waals surface area contributed by atoms with E-state index in [4.69, 9.17) is 10.5 Å². The van der Waals surface area contributed by atoms with Gasteiger partial charge >= 0.3 is 0 Å². The van der Waals surface area contributed by atoms with Crippen LogP contribution >= 0.6 is 12.4 Å². The van der Waals surface area contributed by atoms with Crippen molar-refractivity contribution in [3.05, 3.63) is 35.9 Å². The van der Waals surface area contributed by atoms with Crippen molar-refractivity contribution in [2.24, 2.45) is 5.73 Å². The Bertz CT molecular complexity index is 414. The zero-order valence-electron chi connectivity index (χ0n) is 11.8. The molecule has 4 nitrogen and oxygen atoms in total. The molecule has 0 spiro atoms. The number of ether oxygens (including phenoxy) is 1. The fourth-order valence-corrected chi connectivity index (χ4v) is 2.65. The van der Waals surface area contributed by atoms with Gasteiger partial charge in [-0.3, -0.25) is 4.79 Å². The molecule has 112 valence electrons. The predicted molar refractivity (Wildman–Crippen MR) is 82.0 cm³/mol. The summed E-state index contributed by atoms with van der Waals surface area (Å²) >= 11 is 0. The molecular weight excluding hydrogens is 276 g/mol. The normalized spacial score (nSPS) is 22.2. The fourth-order valence-electron chi connectivity index (χ4n) is 2.65. The average molecular weight is 299 g/mol. The first-order valence-corrected chi connectivity index (χ1v) is 6.81. The number of methoxy groups -OCH3 is 1. The summed E-state index contributed by atoms with van der Waals surface area (Å²) in [5.41, 5.74) is 6.85. The number of rotatable bonds is 4. The minimum absolute atomic E-state index is 0. The van der Waals surface area contributed by atoms with Crippen LogP contribution in [0.25, 0.3) is 0 Å². The summed E-state index contributed by atoms with van der Waals surface area (Å²) in [7, 11) is 1.72. The number of nitrogens with zero attached hydrogens (tertiary/aromatic N) is 1. The molecule has 2 rings (SSSR count). The van der Waals surface area contributed by atoms with Crippen LogP contribution < -0.4 is 5.73 Å². The molecule has 0 aromatic heterocycles. The fraction of sp³-hybridized carbons (Fsp3) is 0.533. The molecule has 2 unspecified atom stereocenters. The molecule has 20 heavy (non-hydrogen) atoms. The van der Waals surface area contributed by atoms with Crippen LogP contribution in [0.3, 0.4) is 0 Å². The maximum Gasteiger partial charge on any atom is 0.227 e. The quantitative estimate of drug-likeness (QED) is 0.919. The molecule has 5 heteroatoms. The van der Waals surface area contributed by atoms with Gasteiger partial charge in [0, 0.05) is 26.2 Å². The topological polar surface area (TPSA) is 55.6 Å². The van der Waals surface area contributed by atoms with E-state index in [1.54, 1.807) is 7.11 Å². The summed E-state index contributed by atoms with van der Waals surface area (Å²) in [6.07, 6.45) is 2.42. The molecule has 0 aliphatic carbocycles. The van der Waals surface area contributed by atoms with Crippen molar-refractivity contribution in [1.82, 2.24) is 4.90 Å². The molecule has 1 amide bonds. The Hall–Kier alpha value is -1.10. The van der Waals surface area contributed by atoms with E-state index in [1.807, 2.05) is 35.2 Å². The van der Waals surface area contributed by atoms with Crippen LogP contribution in [-0.4, -0.2) is 43.2 Å². The molecule has 1 saturated heterocycles. The molecule has 2 N–H and O–H groups in total. The monoisotopic (exact) mass is 298 g/mol. The Kier molecular flexibility index (Phi) is 6.99. The number of likely N-dealkylation sites (tertiary alicyclic amines) is 1. The minimum Gasteiger partial charge on any atom is -0.381 e. The lowest BCUT2D eigenvalue weighted by molar-refractivity contribution is -0.136. The van der Waals surface area contributed by atoms with Crippen molar-refractivity contribution in [3.8, 4) is 0 Å². The number of halogens is 1. The van der Waals surface area contributed by atoms with Gasteiger partial charge in [0.15, 0.2) is 0 Å². The second-order valence-corrected chi connectivity index (χ2v) is 5.02. The molecule has 1 aromatic carbocycles. The highest BCUT2D eigenvalue weighted by Crippen LogP contribution is 2.20. The third-order valence-electron chi connectivity index (χ3n) is 3.79. The Balaban J connectivity index is 0.00000200. The Morgan fingerprint density at radius 2 is 2.10 bits per heavy atom. The SMILES string of the molecule is COC1CCN(C(=O)Cc2ccccc2)C(CN)C1.Cl. The number of nitrogens with two attached hydrogens (primary N) is 1. The first-order valence-electron chi connectivity index (χ1n) is 6.81. The molecule has 1 aromatic rings. The standard InChI is InChI=1S/C15H22N2O2.ClH/c1-19-14-7-8-17(13(10-14)11-16)15(18)9-12-5-3-2-4-6-12;/h2-6,13-14H,7-11,16H2,1H3;1H. The van der Waals surface area contributed by atoms with E-state index in [2.05, 4.69) is 0 Å². The summed E-state index contributed by atoms with van der Waals surface area (Å²) in [6, 6.07) is 9.95. The third-order valence-corrected chi connectivity index (χ3v) is 3.79. The van der Waals surface area contributed by atoms with Gasteiger partial charge in [-0.2, -0.15) is 0 Å². The van der Waals surface area contributed by atoms with Crippen LogP contribution in [0, 0.1) is 0 Å². The van der Waals surface area contributed by atoms with Crippen LogP contribution in [-0.2, 0) is 16.0 Å². The molecule has 0 saturated carbocycles. The molecule has 1 fully saturated rings. The lowest BCUT2D eigenvalue weighted by Crippen LogP contribution is -2.51. The van der Waals surface area contributed by atoms with Gasteiger partial charge in [0.25, 0.3) is 0 Å². The average Bonchev–Trinajstić information content (AvgIpc) is 2.47. The number of hydrogen-bond donors (Lipinski definition) is 1. The first-order chi connectivity index (χ1) is 9.24. The van der Waals surface area contributed by atoms with Gasteiger partial charge in [-0.05, 0) is 18.4 Å². The van der Waals surface area contributed by atoms with E-state index in [1.165, 1.54) is 0 Å². The zero-order valence-corrected chi connectivity index (χ0v) is 12.6. The summed E-state index contributed by atoms with van der Waals surface area (Å²) < 4.78 is 5.38. The van der Waals surface area contributed by atoms with E-state index in [0.717, 1.165) is 24.9 Å². The molecular formula is C15H23ClN2O2. The van der Waals surface area contributed by atoms with Crippen molar-refractivity contribution in [3.63, 3.8) is 0 Å². The third kappa shape index (κ3) is 4.20. The van der Waals surface area contributed by atoms with Gasteiger partial charge in [0.2, 0.25) is 5.91 Å². The van der Waals surface area contributed by atoms with E-state index >= 15 is 0 Å². The van der Waals surface area contributed by atoms with Gasteiger partial charge < -0.3 is 15.4 Å². The largest absolute Gasteiger partial charge is 0.381 e. The lowest BCUT2D eigenvalue weighted by Gasteiger charge is -2.38. The van der Waals surface area contributed by atoms with Crippen LogP contribution in [0.1, 0.15) is 18.4 Å².